The summed E-state index contributed by atoms with van der Waals surface area (Å²) in [5.41, 5.74) is 10.8. The zero-order valence-electron chi connectivity index (χ0n) is 14.1. The third kappa shape index (κ3) is 3.01. The van der Waals surface area contributed by atoms with Crippen LogP contribution in [-0.4, -0.2) is 15.0 Å². The number of halogens is 2. The number of nitrogens with one attached hydrogen (secondary N) is 1. The lowest BCUT2D eigenvalue weighted by atomic mass is 9.89. The highest BCUT2D eigenvalue weighted by Gasteiger charge is 2.25. The van der Waals surface area contributed by atoms with Crippen LogP contribution in [0.5, 0.6) is 0 Å². The molecule has 0 aliphatic carbocycles. The molecule has 0 amide bonds. The summed E-state index contributed by atoms with van der Waals surface area (Å²) < 4.78 is 27.0. The van der Waals surface area contributed by atoms with E-state index in [1.165, 1.54) is 24.4 Å². The smallest absolute Gasteiger partial charge is 0.220 e. The lowest BCUT2D eigenvalue weighted by Gasteiger charge is -2.28. The van der Waals surface area contributed by atoms with Crippen LogP contribution in [0.4, 0.5) is 14.7 Å². The monoisotopic (exact) mass is 353 g/mol. The van der Waals surface area contributed by atoms with Gasteiger partial charge in [-0.2, -0.15) is 4.39 Å². The Balaban J connectivity index is 1.76. The molecule has 3 N–H and O–H groups in total. The third-order valence-corrected chi connectivity index (χ3v) is 4.67. The number of rotatable bonds is 2. The van der Waals surface area contributed by atoms with E-state index < -0.39 is 5.95 Å². The van der Waals surface area contributed by atoms with Gasteiger partial charge >= 0.3 is 0 Å². The van der Waals surface area contributed by atoms with Gasteiger partial charge in [-0.1, -0.05) is 6.07 Å². The summed E-state index contributed by atoms with van der Waals surface area (Å²) >= 11 is 0. The number of nitrogens with zero attached hydrogens (tertiary/aromatic N) is 3. The van der Waals surface area contributed by atoms with Crippen LogP contribution in [0.15, 0.2) is 36.5 Å². The molecule has 1 unspecified atom stereocenters. The molecule has 1 aliphatic rings. The first-order valence-corrected chi connectivity index (χ1v) is 8.28. The van der Waals surface area contributed by atoms with Crippen LogP contribution >= 0.6 is 0 Å². The van der Waals surface area contributed by atoms with Crippen molar-refractivity contribution in [3.63, 3.8) is 0 Å². The molecule has 4 rings (SSSR count). The number of nitrogen functional groups attached to an aromatic ring is 1. The molecule has 0 saturated carbocycles. The number of nitrogens with two attached hydrogens (primary N) is 1. The van der Waals surface area contributed by atoms with Crippen LogP contribution in [0.1, 0.15) is 28.6 Å². The minimum atomic E-state index is -0.570. The van der Waals surface area contributed by atoms with Crippen LogP contribution < -0.4 is 11.1 Å². The Morgan fingerprint density at radius 1 is 1.15 bits per heavy atom. The minimum absolute atomic E-state index is 0.0724. The van der Waals surface area contributed by atoms with Crippen LogP contribution in [0, 0.1) is 18.7 Å². The summed E-state index contributed by atoms with van der Waals surface area (Å²) in [4.78, 5) is 12.3. The number of hydrogen-bond donors (Lipinski definition) is 2. The van der Waals surface area contributed by atoms with E-state index >= 15 is 0 Å². The largest absolute Gasteiger partial charge is 0.368 e. The molecule has 1 aromatic carbocycles. The lowest BCUT2D eigenvalue weighted by Crippen LogP contribution is -2.31. The van der Waals surface area contributed by atoms with Crippen LogP contribution in [0.2, 0.25) is 0 Å². The molecular formula is C19H17F2N5. The summed E-state index contributed by atoms with van der Waals surface area (Å²) in [6.45, 7) is 2.51. The van der Waals surface area contributed by atoms with Gasteiger partial charge in [-0.05, 0) is 42.3 Å². The molecule has 0 saturated heterocycles. The Hall–Kier alpha value is -2.93. The average molecular weight is 353 g/mol. The van der Waals surface area contributed by atoms with Crippen molar-refractivity contribution in [2.75, 3.05) is 5.73 Å². The minimum Gasteiger partial charge on any atom is -0.368 e. The Kier molecular flexibility index (Phi) is 4.08. The van der Waals surface area contributed by atoms with E-state index in [1.807, 2.05) is 6.92 Å². The van der Waals surface area contributed by atoms with Crippen molar-refractivity contribution in [1.82, 2.24) is 20.3 Å². The molecule has 0 bridgehead atoms. The molecule has 3 aromatic rings. The number of aromatic nitrogens is 3. The maximum atomic E-state index is 13.9. The van der Waals surface area contributed by atoms with Crippen molar-refractivity contribution >= 4 is 5.95 Å². The van der Waals surface area contributed by atoms with Crippen LogP contribution in [0.25, 0.3) is 11.1 Å². The third-order valence-electron chi connectivity index (χ3n) is 4.67. The fraction of sp³-hybridized carbons (Fsp3) is 0.211. The first-order chi connectivity index (χ1) is 12.5. The van der Waals surface area contributed by atoms with Gasteiger partial charge in [0.1, 0.15) is 5.82 Å². The van der Waals surface area contributed by atoms with Gasteiger partial charge in [0.25, 0.3) is 0 Å². The lowest BCUT2D eigenvalue weighted by molar-refractivity contribution is 0.487. The van der Waals surface area contributed by atoms with Gasteiger partial charge in [0.05, 0.1) is 5.69 Å². The van der Waals surface area contributed by atoms with E-state index in [0.717, 1.165) is 22.5 Å². The summed E-state index contributed by atoms with van der Waals surface area (Å²) in [6.07, 6.45) is 2.02. The van der Waals surface area contributed by atoms with Gasteiger partial charge in [-0.15, -0.1) is 0 Å². The van der Waals surface area contributed by atoms with Crippen LogP contribution in [0.3, 0.4) is 0 Å². The van der Waals surface area contributed by atoms with Gasteiger partial charge in [-0.25, -0.2) is 19.3 Å². The average Bonchev–Trinajstić information content (AvgIpc) is 2.61. The SMILES string of the molecule is Cc1nc(N)nc2c1CNC(c1ccc(F)cc1-c1ccc(F)nc1)C2. The molecular weight excluding hydrogens is 336 g/mol. The van der Waals surface area contributed by atoms with Gasteiger partial charge in [-0.3, -0.25) is 0 Å². The Morgan fingerprint density at radius 2 is 2.00 bits per heavy atom. The second-order valence-corrected chi connectivity index (χ2v) is 6.33. The van der Waals surface area contributed by atoms with Crippen molar-refractivity contribution in [3.05, 3.63) is 70.8 Å². The van der Waals surface area contributed by atoms with Gasteiger partial charge < -0.3 is 11.1 Å². The van der Waals surface area contributed by atoms with Gasteiger partial charge in [0, 0.05) is 42.0 Å². The highest BCUT2D eigenvalue weighted by Crippen LogP contribution is 2.33. The van der Waals surface area contributed by atoms with Crippen LogP contribution in [-0.2, 0) is 13.0 Å². The summed E-state index contributed by atoms with van der Waals surface area (Å²) in [6, 6.07) is 7.41. The molecule has 1 atom stereocenters. The van der Waals surface area contributed by atoms with E-state index in [0.29, 0.717) is 24.1 Å². The summed E-state index contributed by atoms with van der Waals surface area (Å²) in [5, 5.41) is 3.46. The summed E-state index contributed by atoms with van der Waals surface area (Å²) in [5.74, 6) is -0.672. The molecule has 1 aliphatic heterocycles. The van der Waals surface area contributed by atoms with Crippen molar-refractivity contribution < 1.29 is 8.78 Å². The predicted molar refractivity (Wildman–Crippen MR) is 94.1 cm³/mol. The summed E-state index contributed by atoms with van der Waals surface area (Å²) in [7, 11) is 0. The Bertz CT molecular complexity index is 972. The number of hydrogen-bond acceptors (Lipinski definition) is 5. The second kappa shape index (κ2) is 6.42. The van der Waals surface area contributed by atoms with Crippen molar-refractivity contribution in [1.29, 1.82) is 0 Å². The first kappa shape index (κ1) is 16.5. The zero-order chi connectivity index (χ0) is 18.3. The molecule has 7 heteroatoms. The first-order valence-electron chi connectivity index (χ1n) is 8.28. The zero-order valence-corrected chi connectivity index (χ0v) is 14.1. The quantitative estimate of drug-likeness (QED) is 0.693. The normalized spacial score (nSPS) is 16.3. The Labute approximate surface area is 149 Å². The van der Waals surface area contributed by atoms with E-state index in [-0.39, 0.29) is 17.8 Å². The van der Waals surface area contributed by atoms with Gasteiger partial charge in [0.2, 0.25) is 11.9 Å². The van der Waals surface area contributed by atoms with Crippen molar-refractivity contribution in [2.45, 2.75) is 25.9 Å². The Morgan fingerprint density at radius 3 is 2.77 bits per heavy atom. The maximum Gasteiger partial charge on any atom is 0.220 e. The van der Waals surface area contributed by atoms with Crippen molar-refractivity contribution in [3.8, 4) is 11.1 Å². The maximum absolute atomic E-state index is 13.9. The fourth-order valence-corrected chi connectivity index (χ4v) is 3.41. The van der Waals surface area contributed by atoms with Gasteiger partial charge in [0.15, 0.2) is 0 Å². The molecule has 2 aromatic heterocycles. The molecule has 0 spiro atoms. The van der Waals surface area contributed by atoms with E-state index in [1.54, 1.807) is 12.1 Å². The number of pyridine rings is 1. The standard InChI is InChI=1S/C19H17F2N5/c1-10-15-9-23-16(7-17(15)26-19(22)25-10)13-4-3-12(20)6-14(13)11-2-5-18(21)24-8-11/h2-6,8,16,23H,7,9H2,1H3,(H2,22,25,26). The molecule has 26 heavy (non-hydrogen) atoms. The topological polar surface area (TPSA) is 76.7 Å². The number of benzene rings is 1. The number of fused-ring (bicyclic) bond motifs is 1. The molecule has 0 radical (unpaired) electrons. The number of anilines is 1. The highest BCUT2D eigenvalue weighted by atomic mass is 19.1. The van der Waals surface area contributed by atoms with E-state index in [9.17, 15) is 8.78 Å². The number of aryl methyl sites for hydroxylation is 1. The molecule has 5 nitrogen and oxygen atoms in total. The molecule has 0 fully saturated rings. The fourth-order valence-electron chi connectivity index (χ4n) is 3.41. The predicted octanol–water partition coefficient (Wildman–Crippen LogP) is 3.09. The van der Waals surface area contributed by atoms with E-state index in [4.69, 9.17) is 5.73 Å². The van der Waals surface area contributed by atoms with Crippen molar-refractivity contribution in [2.24, 2.45) is 0 Å². The molecule has 132 valence electrons. The van der Waals surface area contributed by atoms with E-state index in [2.05, 4.69) is 20.3 Å². The highest BCUT2D eigenvalue weighted by molar-refractivity contribution is 5.67. The second-order valence-electron chi connectivity index (χ2n) is 6.33. The molecule has 3 heterocycles.